The minimum Gasteiger partial charge on any atom is -0.378 e. The molecule has 1 rings (SSSR count). The average Bonchev–Trinajstić information content (AvgIpc) is 2.61. The van der Waals surface area contributed by atoms with Crippen LogP contribution >= 0.6 is 0 Å². The summed E-state index contributed by atoms with van der Waals surface area (Å²) < 4.78 is 5.85. The van der Waals surface area contributed by atoms with Crippen LogP contribution in [0.3, 0.4) is 0 Å². The molecule has 0 aromatic heterocycles. The van der Waals surface area contributed by atoms with Crippen molar-refractivity contribution in [2.45, 2.75) is 60.0 Å². The van der Waals surface area contributed by atoms with E-state index < -0.39 is 0 Å². The molecule has 0 bridgehead atoms. The van der Waals surface area contributed by atoms with Gasteiger partial charge in [-0.05, 0) is 31.7 Å². The van der Waals surface area contributed by atoms with Crippen molar-refractivity contribution < 1.29 is 4.74 Å². The summed E-state index contributed by atoms with van der Waals surface area (Å²) in [7, 11) is 0. The van der Waals surface area contributed by atoms with Crippen molar-refractivity contribution in [3.8, 4) is 0 Å². The number of hydrogen-bond acceptors (Lipinski definition) is 2. The van der Waals surface area contributed by atoms with Crippen molar-refractivity contribution in [3.63, 3.8) is 0 Å². The van der Waals surface area contributed by atoms with Crippen molar-refractivity contribution in [1.82, 2.24) is 5.32 Å². The second-order valence-corrected chi connectivity index (χ2v) is 6.21. The van der Waals surface area contributed by atoms with Crippen LogP contribution in [0.4, 0.5) is 0 Å². The van der Waals surface area contributed by atoms with Crippen molar-refractivity contribution in [3.05, 3.63) is 0 Å². The molecular formula is C15H31NO. The van der Waals surface area contributed by atoms with Gasteiger partial charge in [-0.1, -0.05) is 40.5 Å². The molecule has 2 heteroatoms. The van der Waals surface area contributed by atoms with E-state index in [1.54, 1.807) is 0 Å². The van der Waals surface area contributed by atoms with Crippen LogP contribution in [-0.4, -0.2) is 25.8 Å². The fourth-order valence-corrected chi connectivity index (χ4v) is 3.16. The third kappa shape index (κ3) is 3.69. The van der Waals surface area contributed by atoms with Gasteiger partial charge in [0.25, 0.3) is 0 Å². The van der Waals surface area contributed by atoms with Crippen LogP contribution in [0.1, 0.15) is 53.9 Å². The zero-order valence-corrected chi connectivity index (χ0v) is 12.4. The maximum absolute atomic E-state index is 5.85. The number of rotatable bonds is 7. The lowest BCUT2D eigenvalue weighted by Gasteiger charge is -2.38. The lowest BCUT2D eigenvalue weighted by atomic mass is 9.69. The van der Waals surface area contributed by atoms with E-state index in [9.17, 15) is 0 Å². The molecule has 1 heterocycles. The van der Waals surface area contributed by atoms with E-state index in [-0.39, 0.29) is 0 Å². The lowest BCUT2D eigenvalue weighted by Crippen LogP contribution is -2.45. The van der Waals surface area contributed by atoms with Gasteiger partial charge in [0.1, 0.15) is 0 Å². The Hall–Kier alpha value is -0.0800. The fraction of sp³-hybridized carbons (Fsp3) is 1.00. The monoisotopic (exact) mass is 241 g/mol. The van der Waals surface area contributed by atoms with Gasteiger partial charge in [-0.15, -0.1) is 0 Å². The molecule has 1 fully saturated rings. The topological polar surface area (TPSA) is 21.3 Å². The first-order chi connectivity index (χ1) is 8.03. The van der Waals surface area contributed by atoms with Gasteiger partial charge in [0, 0.05) is 18.6 Å². The maximum atomic E-state index is 5.85. The second kappa shape index (κ2) is 6.75. The molecular weight excluding hydrogens is 210 g/mol. The van der Waals surface area contributed by atoms with E-state index in [4.69, 9.17) is 4.74 Å². The van der Waals surface area contributed by atoms with Crippen LogP contribution in [0, 0.1) is 17.3 Å². The molecule has 1 saturated heterocycles. The number of hydrogen-bond donors (Lipinski definition) is 1. The Morgan fingerprint density at radius 3 is 2.53 bits per heavy atom. The number of ether oxygens (including phenoxy) is 1. The smallest absolute Gasteiger partial charge is 0.0618 e. The van der Waals surface area contributed by atoms with Crippen molar-refractivity contribution >= 4 is 0 Å². The third-order valence-electron chi connectivity index (χ3n) is 4.45. The highest BCUT2D eigenvalue weighted by Gasteiger charge is 2.44. The SMILES string of the molecule is CCCC(C)C1(CNCC(C)C)CCOC1C. The van der Waals surface area contributed by atoms with Crippen molar-refractivity contribution in [2.24, 2.45) is 17.3 Å². The first-order valence-electron chi connectivity index (χ1n) is 7.35. The molecule has 0 amide bonds. The highest BCUT2D eigenvalue weighted by molar-refractivity contribution is 4.95. The molecule has 0 aromatic carbocycles. The quantitative estimate of drug-likeness (QED) is 0.737. The zero-order valence-electron chi connectivity index (χ0n) is 12.4. The first-order valence-corrected chi connectivity index (χ1v) is 7.35. The molecule has 102 valence electrons. The third-order valence-corrected chi connectivity index (χ3v) is 4.45. The van der Waals surface area contributed by atoms with Crippen LogP contribution in [0.5, 0.6) is 0 Å². The summed E-state index contributed by atoms with van der Waals surface area (Å²) in [4.78, 5) is 0. The van der Waals surface area contributed by atoms with E-state index in [1.165, 1.54) is 19.3 Å². The minimum atomic E-state index is 0.366. The van der Waals surface area contributed by atoms with Crippen LogP contribution in [0.2, 0.25) is 0 Å². The minimum absolute atomic E-state index is 0.366. The van der Waals surface area contributed by atoms with E-state index >= 15 is 0 Å². The van der Waals surface area contributed by atoms with Gasteiger partial charge in [-0.3, -0.25) is 0 Å². The van der Waals surface area contributed by atoms with Crippen molar-refractivity contribution in [2.75, 3.05) is 19.7 Å². The van der Waals surface area contributed by atoms with E-state index in [2.05, 4.69) is 39.9 Å². The molecule has 17 heavy (non-hydrogen) atoms. The lowest BCUT2D eigenvalue weighted by molar-refractivity contribution is 0.0295. The zero-order chi connectivity index (χ0) is 12.9. The molecule has 3 unspecified atom stereocenters. The largest absolute Gasteiger partial charge is 0.378 e. The molecule has 0 aromatic rings. The van der Waals surface area contributed by atoms with Crippen molar-refractivity contribution in [1.29, 1.82) is 0 Å². The molecule has 0 aliphatic carbocycles. The summed E-state index contributed by atoms with van der Waals surface area (Å²) in [6.07, 6.45) is 4.22. The van der Waals surface area contributed by atoms with Gasteiger partial charge >= 0.3 is 0 Å². The van der Waals surface area contributed by atoms with Gasteiger partial charge in [0.15, 0.2) is 0 Å². The second-order valence-electron chi connectivity index (χ2n) is 6.21. The summed E-state index contributed by atoms with van der Waals surface area (Å²) >= 11 is 0. The molecule has 2 nitrogen and oxygen atoms in total. The Morgan fingerprint density at radius 1 is 1.35 bits per heavy atom. The standard InChI is InChI=1S/C15H31NO/c1-6-7-13(4)15(8-9-17-14(15)5)11-16-10-12(2)3/h12-14,16H,6-11H2,1-5H3. The summed E-state index contributed by atoms with van der Waals surface area (Å²) in [5.41, 5.74) is 0.366. The van der Waals surface area contributed by atoms with Crippen LogP contribution in [0.15, 0.2) is 0 Å². The van der Waals surface area contributed by atoms with E-state index in [0.29, 0.717) is 11.5 Å². The van der Waals surface area contributed by atoms with Gasteiger partial charge < -0.3 is 10.1 Å². The fourth-order valence-electron chi connectivity index (χ4n) is 3.16. The molecule has 3 atom stereocenters. The number of nitrogens with one attached hydrogen (secondary N) is 1. The van der Waals surface area contributed by atoms with Crippen LogP contribution in [0.25, 0.3) is 0 Å². The van der Waals surface area contributed by atoms with Gasteiger partial charge in [-0.2, -0.15) is 0 Å². The predicted octanol–water partition coefficient (Wildman–Crippen LogP) is 3.46. The highest BCUT2D eigenvalue weighted by Crippen LogP contribution is 2.43. The Labute approximate surface area is 108 Å². The summed E-state index contributed by atoms with van der Waals surface area (Å²) in [6, 6.07) is 0. The molecule has 1 aliphatic rings. The van der Waals surface area contributed by atoms with Gasteiger partial charge in [0.2, 0.25) is 0 Å². The molecule has 0 saturated carbocycles. The Balaban J connectivity index is 2.59. The van der Waals surface area contributed by atoms with Crippen LogP contribution < -0.4 is 5.32 Å². The normalized spacial score (nSPS) is 31.1. The highest BCUT2D eigenvalue weighted by atomic mass is 16.5. The average molecular weight is 241 g/mol. The Kier molecular flexibility index (Phi) is 5.94. The molecule has 1 aliphatic heterocycles. The molecule has 0 radical (unpaired) electrons. The van der Waals surface area contributed by atoms with E-state index in [0.717, 1.165) is 31.5 Å². The first kappa shape index (κ1) is 15.0. The van der Waals surface area contributed by atoms with Crippen LogP contribution in [-0.2, 0) is 4.74 Å². The summed E-state index contributed by atoms with van der Waals surface area (Å²) in [5, 5.41) is 3.66. The maximum Gasteiger partial charge on any atom is 0.0618 e. The molecule has 0 spiro atoms. The predicted molar refractivity (Wildman–Crippen MR) is 74.2 cm³/mol. The summed E-state index contributed by atoms with van der Waals surface area (Å²) in [6.45, 7) is 14.7. The van der Waals surface area contributed by atoms with Gasteiger partial charge in [0.05, 0.1) is 6.10 Å². The van der Waals surface area contributed by atoms with E-state index in [1.807, 2.05) is 0 Å². The Morgan fingerprint density at radius 2 is 2.06 bits per heavy atom. The molecule has 1 N–H and O–H groups in total. The summed E-state index contributed by atoms with van der Waals surface area (Å²) in [5.74, 6) is 1.48. The van der Waals surface area contributed by atoms with Gasteiger partial charge in [-0.25, -0.2) is 0 Å². The Bertz CT molecular complexity index is 217.